The average molecular weight is 209 g/mol. The van der Waals surface area contributed by atoms with Gasteiger partial charge in [0.25, 0.3) is 0 Å². The molecule has 5 heteroatoms. The average Bonchev–Trinajstić information content (AvgIpc) is 2.64. The van der Waals surface area contributed by atoms with Gasteiger partial charge in [-0.3, -0.25) is 5.32 Å². The lowest BCUT2D eigenvalue weighted by Crippen LogP contribution is -2.55. The van der Waals surface area contributed by atoms with Gasteiger partial charge in [-0.15, -0.1) is 0 Å². The molecule has 0 aromatic carbocycles. The molecule has 2 heterocycles. The van der Waals surface area contributed by atoms with Gasteiger partial charge in [0.2, 0.25) is 0 Å². The molecule has 1 aromatic heterocycles. The maximum absolute atomic E-state index is 11.8. The van der Waals surface area contributed by atoms with E-state index in [0.717, 1.165) is 17.8 Å². The molecule has 15 heavy (non-hydrogen) atoms. The van der Waals surface area contributed by atoms with Gasteiger partial charge in [0.15, 0.2) is 5.54 Å². The number of aromatic nitrogens is 2. The van der Waals surface area contributed by atoms with Gasteiger partial charge < -0.3 is 9.72 Å². The number of esters is 1. The van der Waals surface area contributed by atoms with Crippen molar-refractivity contribution in [3.8, 4) is 0 Å². The molecule has 0 saturated heterocycles. The van der Waals surface area contributed by atoms with Crippen LogP contribution < -0.4 is 5.32 Å². The molecule has 0 spiro atoms. The molecule has 1 aromatic rings. The first-order valence-electron chi connectivity index (χ1n) is 4.96. The van der Waals surface area contributed by atoms with Crippen LogP contribution in [0, 0.1) is 0 Å². The molecule has 82 valence electrons. The second kappa shape index (κ2) is 3.34. The van der Waals surface area contributed by atoms with Gasteiger partial charge in [0.1, 0.15) is 0 Å². The number of hydrogen-bond donors (Lipinski definition) is 2. The standard InChI is InChI=1S/C10H15N3O2/c1-6-4-7-8(12-5-11-7)10(2,13-6)9(14)15-3/h5-6,13H,4H2,1-3H3,(H,11,12). The largest absolute Gasteiger partial charge is 0.467 e. The molecule has 0 fully saturated rings. The highest BCUT2D eigenvalue weighted by atomic mass is 16.5. The molecule has 1 aliphatic rings. The number of H-pyrrole nitrogens is 1. The lowest BCUT2D eigenvalue weighted by molar-refractivity contribution is -0.149. The summed E-state index contributed by atoms with van der Waals surface area (Å²) >= 11 is 0. The van der Waals surface area contributed by atoms with Crippen molar-refractivity contribution in [1.29, 1.82) is 0 Å². The summed E-state index contributed by atoms with van der Waals surface area (Å²) in [6, 6.07) is 0.224. The summed E-state index contributed by atoms with van der Waals surface area (Å²) in [5.74, 6) is -0.303. The van der Waals surface area contributed by atoms with Crippen LogP contribution in [0.4, 0.5) is 0 Å². The minimum atomic E-state index is -0.832. The Morgan fingerprint density at radius 3 is 3.13 bits per heavy atom. The zero-order chi connectivity index (χ0) is 11.1. The van der Waals surface area contributed by atoms with Crippen molar-refractivity contribution in [2.45, 2.75) is 31.8 Å². The molecule has 0 radical (unpaired) electrons. The topological polar surface area (TPSA) is 67.0 Å². The minimum Gasteiger partial charge on any atom is -0.467 e. The molecule has 2 rings (SSSR count). The molecule has 0 aliphatic carbocycles. The summed E-state index contributed by atoms with van der Waals surface area (Å²) in [5, 5.41) is 3.23. The highest BCUT2D eigenvalue weighted by molar-refractivity contribution is 5.82. The monoisotopic (exact) mass is 209 g/mol. The van der Waals surface area contributed by atoms with Crippen molar-refractivity contribution >= 4 is 5.97 Å². The van der Waals surface area contributed by atoms with E-state index in [0.29, 0.717) is 0 Å². The summed E-state index contributed by atoms with van der Waals surface area (Å²) in [4.78, 5) is 19.0. The number of imidazole rings is 1. The van der Waals surface area contributed by atoms with Gasteiger partial charge in [-0.2, -0.15) is 0 Å². The third kappa shape index (κ3) is 1.43. The molecular formula is C10H15N3O2. The molecule has 5 nitrogen and oxygen atoms in total. The predicted octanol–water partition coefficient (Wildman–Crippen LogP) is 0.332. The number of fused-ring (bicyclic) bond motifs is 1. The number of aromatic amines is 1. The Bertz CT molecular complexity index is 388. The molecule has 2 atom stereocenters. The van der Waals surface area contributed by atoms with Crippen LogP contribution >= 0.6 is 0 Å². The second-order valence-electron chi connectivity index (χ2n) is 4.10. The van der Waals surface area contributed by atoms with Crippen LogP contribution in [0.5, 0.6) is 0 Å². The minimum absolute atomic E-state index is 0.224. The molecule has 1 aliphatic heterocycles. The number of rotatable bonds is 1. The lowest BCUT2D eigenvalue weighted by atomic mass is 9.88. The summed E-state index contributed by atoms with van der Waals surface area (Å²) in [7, 11) is 1.39. The fourth-order valence-electron chi connectivity index (χ4n) is 2.19. The highest BCUT2D eigenvalue weighted by Crippen LogP contribution is 2.28. The van der Waals surface area contributed by atoms with Crippen molar-refractivity contribution in [3.05, 3.63) is 17.7 Å². The van der Waals surface area contributed by atoms with E-state index in [1.807, 2.05) is 6.92 Å². The van der Waals surface area contributed by atoms with E-state index in [9.17, 15) is 4.79 Å². The Balaban J connectivity index is 2.47. The van der Waals surface area contributed by atoms with Gasteiger partial charge in [0, 0.05) is 18.2 Å². The van der Waals surface area contributed by atoms with Gasteiger partial charge in [-0.1, -0.05) is 0 Å². The number of ether oxygens (including phenoxy) is 1. The van der Waals surface area contributed by atoms with E-state index in [2.05, 4.69) is 15.3 Å². The van der Waals surface area contributed by atoms with E-state index in [1.165, 1.54) is 7.11 Å². The van der Waals surface area contributed by atoms with E-state index in [1.54, 1.807) is 13.3 Å². The van der Waals surface area contributed by atoms with Gasteiger partial charge in [-0.05, 0) is 13.8 Å². The Hall–Kier alpha value is -1.36. The van der Waals surface area contributed by atoms with Crippen molar-refractivity contribution in [3.63, 3.8) is 0 Å². The zero-order valence-corrected chi connectivity index (χ0v) is 9.13. The Morgan fingerprint density at radius 2 is 2.47 bits per heavy atom. The summed E-state index contributed by atoms with van der Waals surface area (Å²) < 4.78 is 4.81. The van der Waals surface area contributed by atoms with Crippen LogP contribution in [-0.2, 0) is 21.5 Å². The number of carbonyl (C=O) groups is 1. The first kappa shape index (κ1) is 10.2. The highest BCUT2D eigenvalue weighted by Gasteiger charge is 2.44. The summed E-state index contributed by atoms with van der Waals surface area (Å²) in [6.45, 7) is 3.83. The predicted molar refractivity (Wildman–Crippen MR) is 54.3 cm³/mol. The zero-order valence-electron chi connectivity index (χ0n) is 9.13. The van der Waals surface area contributed by atoms with Crippen molar-refractivity contribution in [1.82, 2.24) is 15.3 Å². The number of nitrogens with one attached hydrogen (secondary N) is 2. The van der Waals surface area contributed by atoms with Crippen LogP contribution in [-0.4, -0.2) is 29.1 Å². The van der Waals surface area contributed by atoms with Crippen LogP contribution in [0.1, 0.15) is 25.2 Å². The molecule has 2 unspecified atom stereocenters. The first-order valence-corrected chi connectivity index (χ1v) is 4.96. The lowest BCUT2D eigenvalue weighted by Gasteiger charge is -2.34. The van der Waals surface area contributed by atoms with E-state index in [-0.39, 0.29) is 12.0 Å². The molecule has 2 N–H and O–H groups in total. The van der Waals surface area contributed by atoms with Crippen LogP contribution in [0.15, 0.2) is 6.33 Å². The maximum atomic E-state index is 11.8. The smallest absolute Gasteiger partial charge is 0.332 e. The van der Waals surface area contributed by atoms with Crippen molar-refractivity contribution < 1.29 is 9.53 Å². The van der Waals surface area contributed by atoms with Crippen LogP contribution in [0.2, 0.25) is 0 Å². The Labute approximate surface area is 88.2 Å². The Morgan fingerprint density at radius 1 is 1.73 bits per heavy atom. The SMILES string of the molecule is COC(=O)C1(C)NC(C)Cc2[nH]cnc21. The number of carbonyl (C=O) groups excluding carboxylic acids is 1. The Kier molecular flexibility index (Phi) is 2.26. The second-order valence-corrected chi connectivity index (χ2v) is 4.10. The first-order chi connectivity index (χ1) is 7.08. The van der Waals surface area contributed by atoms with Crippen LogP contribution in [0.25, 0.3) is 0 Å². The van der Waals surface area contributed by atoms with E-state index in [4.69, 9.17) is 4.74 Å². The molecule has 0 amide bonds. The van der Waals surface area contributed by atoms with E-state index < -0.39 is 5.54 Å². The number of methoxy groups -OCH3 is 1. The fourth-order valence-corrected chi connectivity index (χ4v) is 2.19. The maximum Gasteiger partial charge on any atom is 0.332 e. The summed E-state index contributed by atoms with van der Waals surface area (Å²) in [6.07, 6.45) is 2.47. The van der Waals surface area contributed by atoms with Crippen molar-refractivity contribution in [2.75, 3.05) is 7.11 Å². The number of nitrogens with zero attached hydrogens (tertiary/aromatic N) is 1. The quantitative estimate of drug-likeness (QED) is 0.654. The van der Waals surface area contributed by atoms with Gasteiger partial charge in [0.05, 0.1) is 19.1 Å². The summed E-state index contributed by atoms with van der Waals surface area (Å²) in [5.41, 5.74) is 0.920. The normalized spacial score (nSPS) is 29.7. The molecule has 0 bridgehead atoms. The third-order valence-electron chi connectivity index (χ3n) is 2.83. The molecule has 0 saturated carbocycles. The van der Waals surface area contributed by atoms with Gasteiger partial charge >= 0.3 is 5.97 Å². The number of hydrogen-bond acceptors (Lipinski definition) is 4. The van der Waals surface area contributed by atoms with Crippen molar-refractivity contribution in [2.24, 2.45) is 0 Å². The molecular weight excluding hydrogens is 194 g/mol. The van der Waals surface area contributed by atoms with Gasteiger partial charge in [-0.25, -0.2) is 9.78 Å². The third-order valence-corrected chi connectivity index (χ3v) is 2.83. The van der Waals surface area contributed by atoms with E-state index >= 15 is 0 Å². The fraction of sp³-hybridized carbons (Fsp3) is 0.600. The van der Waals surface area contributed by atoms with Crippen LogP contribution in [0.3, 0.4) is 0 Å².